The molecule has 7 nitrogen and oxygen atoms in total. The van der Waals surface area contributed by atoms with Crippen molar-refractivity contribution in [3.8, 4) is 0 Å². The fourth-order valence-electron chi connectivity index (χ4n) is 2.66. The zero-order valence-corrected chi connectivity index (χ0v) is 14.3. The van der Waals surface area contributed by atoms with Crippen molar-refractivity contribution in [2.45, 2.75) is 44.6 Å². The Kier molecular flexibility index (Phi) is 6.33. The third kappa shape index (κ3) is 5.12. The topological polar surface area (TPSA) is 78.3 Å². The average Bonchev–Trinajstić information content (AvgIpc) is 3.28. The number of nitrogens with one attached hydrogen (secondary N) is 1. The minimum atomic E-state index is -0.129. The van der Waals surface area contributed by atoms with Gasteiger partial charge in [0.1, 0.15) is 6.10 Å². The van der Waals surface area contributed by atoms with E-state index in [2.05, 4.69) is 15.4 Å². The van der Waals surface area contributed by atoms with Crippen molar-refractivity contribution in [1.82, 2.24) is 20.1 Å². The number of carbonyl (C=O) groups is 1. The molecule has 1 saturated heterocycles. The van der Waals surface area contributed by atoms with Crippen LogP contribution in [0.25, 0.3) is 0 Å². The van der Waals surface area contributed by atoms with E-state index in [0.717, 1.165) is 25.1 Å². The number of nitrogens with zero attached hydrogens (tertiary/aromatic N) is 3. The second kappa shape index (κ2) is 8.91. The summed E-state index contributed by atoms with van der Waals surface area (Å²) in [5, 5.41) is 9.19. The lowest BCUT2D eigenvalue weighted by molar-refractivity contribution is -0.126. The van der Waals surface area contributed by atoms with Gasteiger partial charge in [0.2, 0.25) is 5.91 Å². The summed E-state index contributed by atoms with van der Waals surface area (Å²) in [7, 11) is 0. The molecule has 24 heavy (non-hydrogen) atoms. The molecular formula is C16H22N4O3S. The summed E-state index contributed by atoms with van der Waals surface area (Å²) in [5.41, 5.74) is 2.70. The van der Waals surface area contributed by atoms with Crippen LogP contribution in [0.3, 0.4) is 0 Å². The number of ether oxygens (including phenoxy) is 2. The molecule has 0 aromatic carbocycles. The van der Waals surface area contributed by atoms with Gasteiger partial charge in [-0.25, -0.2) is 4.98 Å². The number of carbonyl (C=O) groups excluding carboxylic acids is 1. The summed E-state index contributed by atoms with van der Waals surface area (Å²) in [6, 6.07) is 1.88. The Balaban J connectivity index is 1.41. The summed E-state index contributed by atoms with van der Waals surface area (Å²) in [5.74, 6) is 0.0521. The molecule has 2 aromatic rings. The first-order valence-electron chi connectivity index (χ1n) is 8.14. The summed E-state index contributed by atoms with van der Waals surface area (Å²) in [6.07, 6.45) is 5.53. The Morgan fingerprint density at radius 2 is 2.50 bits per heavy atom. The van der Waals surface area contributed by atoms with Gasteiger partial charge in [0.25, 0.3) is 0 Å². The van der Waals surface area contributed by atoms with Crippen molar-refractivity contribution >= 4 is 17.2 Å². The van der Waals surface area contributed by atoms with E-state index >= 15 is 0 Å². The Labute approximate surface area is 145 Å². The molecule has 0 spiro atoms. The normalized spacial score (nSPS) is 20.8. The van der Waals surface area contributed by atoms with Crippen LogP contribution < -0.4 is 5.32 Å². The van der Waals surface area contributed by atoms with Gasteiger partial charge < -0.3 is 14.8 Å². The standard InChI is InChI=1S/C16H22N4O3S/c21-16(3-1-6-20-7-2-5-18-20)19-14-4-8-22-10-15(14)23-9-13-11-24-12-17-13/h2,5,7,11-12,14-15H,1,3-4,6,8-10H2,(H,19,21)/t14-,15-/m1/s1. The number of hydrogen-bond donors (Lipinski definition) is 1. The van der Waals surface area contributed by atoms with Crippen LogP contribution in [0, 0.1) is 0 Å². The van der Waals surface area contributed by atoms with Gasteiger partial charge in [-0.05, 0) is 18.9 Å². The third-order valence-electron chi connectivity index (χ3n) is 3.93. The number of aryl methyl sites for hydroxylation is 1. The quantitative estimate of drug-likeness (QED) is 0.782. The number of thiazole rings is 1. The van der Waals surface area contributed by atoms with Gasteiger partial charge >= 0.3 is 0 Å². The minimum absolute atomic E-state index is 0.00501. The van der Waals surface area contributed by atoms with Crippen molar-refractivity contribution in [1.29, 1.82) is 0 Å². The molecule has 0 bridgehead atoms. The molecule has 1 amide bonds. The molecule has 1 fully saturated rings. The number of aromatic nitrogens is 3. The fraction of sp³-hybridized carbons (Fsp3) is 0.562. The Morgan fingerprint density at radius 1 is 1.54 bits per heavy atom. The largest absolute Gasteiger partial charge is 0.379 e. The molecule has 1 aliphatic heterocycles. The van der Waals surface area contributed by atoms with E-state index < -0.39 is 0 Å². The Hall–Kier alpha value is -1.77. The summed E-state index contributed by atoms with van der Waals surface area (Å²) >= 11 is 1.55. The fourth-order valence-corrected chi connectivity index (χ4v) is 3.20. The van der Waals surface area contributed by atoms with Gasteiger partial charge in [-0.15, -0.1) is 11.3 Å². The summed E-state index contributed by atoms with van der Waals surface area (Å²) in [4.78, 5) is 16.4. The van der Waals surface area contributed by atoms with Crippen LogP contribution >= 0.6 is 11.3 Å². The minimum Gasteiger partial charge on any atom is -0.379 e. The van der Waals surface area contributed by atoms with Crippen molar-refractivity contribution in [3.05, 3.63) is 35.0 Å². The molecule has 3 heterocycles. The van der Waals surface area contributed by atoms with Gasteiger partial charge in [0.05, 0.1) is 30.5 Å². The van der Waals surface area contributed by atoms with Gasteiger partial charge in [-0.2, -0.15) is 5.10 Å². The maximum absolute atomic E-state index is 12.2. The molecule has 2 atom stereocenters. The van der Waals surface area contributed by atoms with E-state index in [0.29, 0.717) is 26.2 Å². The Bertz CT molecular complexity index is 603. The van der Waals surface area contributed by atoms with Crippen molar-refractivity contribution in [2.75, 3.05) is 13.2 Å². The van der Waals surface area contributed by atoms with Crippen LogP contribution in [0.15, 0.2) is 29.4 Å². The zero-order valence-electron chi connectivity index (χ0n) is 13.5. The van der Waals surface area contributed by atoms with Gasteiger partial charge in [0, 0.05) is 37.3 Å². The highest BCUT2D eigenvalue weighted by atomic mass is 32.1. The predicted octanol–water partition coefficient (Wildman–Crippen LogP) is 1.61. The molecular weight excluding hydrogens is 328 g/mol. The van der Waals surface area contributed by atoms with Crippen LogP contribution in [0.2, 0.25) is 0 Å². The first-order valence-corrected chi connectivity index (χ1v) is 9.09. The Morgan fingerprint density at radius 3 is 3.29 bits per heavy atom. The highest BCUT2D eigenvalue weighted by Crippen LogP contribution is 2.14. The number of rotatable bonds is 8. The monoisotopic (exact) mass is 350 g/mol. The number of amides is 1. The molecule has 0 aliphatic carbocycles. The molecule has 0 radical (unpaired) electrons. The lowest BCUT2D eigenvalue weighted by Crippen LogP contribution is -2.49. The summed E-state index contributed by atoms with van der Waals surface area (Å²) in [6.45, 7) is 2.35. The molecule has 0 saturated carbocycles. The first-order chi connectivity index (χ1) is 11.8. The lowest BCUT2D eigenvalue weighted by Gasteiger charge is -2.32. The molecule has 130 valence electrons. The van der Waals surface area contributed by atoms with Gasteiger partial charge in [-0.3, -0.25) is 9.48 Å². The first kappa shape index (κ1) is 17.1. The SMILES string of the molecule is O=C(CCCn1cccn1)N[C@@H]1CCOC[C@H]1OCc1cscn1. The lowest BCUT2D eigenvalue weighted by atomic mass is 10.1. The van der Waals surface area contributed by atoms with Crippen molar-refractivity contribution in [3.63, 3.8) is 0 Å². The second-order valence-electron chi connectivity index (χ2n) is 5.74. The third-order valence-corrected chi connectivity index (χ3v) is 4.56. The maximum atomic E-state index is 12.2. The second-order valence-corrected chi connectivity index (χ2v) is 6.46. The van der Waals surface area contributed by atoms with E-state index in [9.17, 15) is 4.79 Å². The number of hydrogen-bond acceptors (Lipinski definition) is 6. The van der Waals surface area contributed by atoms with Crippen molar-refractivity contribution < 1.29 is 14.3 Å². The van der Waals surface area contributed by atoms with Gasteiger partial charge in [0.15, 0.2) is 0 Å². The molecule has 2 aromatic heterocycles. The molecule has 8 heteroatoms. The van der Waals surface area contributed by atoms with Crippen LogP contribution in [0.1, 0.15) is 25.0 Å². The predicted molar refractivity (Wildman–Crippen MR) is 89.5 cm³/mol. The molecule has 1 N–H and O–H groups in total. The maximum Gasteiger partial charge on any atom is 0.220 e. The highest BCUT2D eigenvalue weighted by Gasteiger charge is 2.28. The average molecular weight is 350 g/mol. The van der Waals surface area contributed by atoms with Crippen LogP contribution in [-0.4, -0.2) is 46.0 Å². The van der Waals surface area contributed by atoms with E-state index in [4.69, 9.17) is 9.47 Å². The summed E-state index contributed by atoms with van der Waals surface area (Å²) < 4.78 is 13.2. The molecule has 3 rings (SSSR count). The van der Waals surface area contributed by atoms with E-state index in [1.54, 1.807) is 23.0 Å². The van der Waals surface area contributed by atoms with Crippen LogP contribution in [0.5, 0.6) is 0 Å². The van der Waals surface area contributed by atoms with Crippen LogP contribution in [0.4, 0.5) is 0 Å². The molecule has 0 unspecified atom stereocenters. The smallest absolute Gasteiger partial charge is 0.220 e. The van der Waals surface area contributed by atoms with Crippen LogP contribution in [-0.2, 0) is 27.4 Å². The van der Waals surface area contributed by atoms with E-state index in [-0.39, 0.29) is 18.1 Å². The van der Waals surface area contributed by atoms with Crippen molar-refractivity contribution in [2.24, 2.45) is 0 Å². The van der Waals surface area contributed by atoms with E-state index in [1.807, 2.05) is 22.3 Å². The zero-order chi connectivity index (χ0) is 16.6. The van der Waals surface area contributed by atoms with Gasteiger partial charge in [-0.1, -0.05) is 0 Å². The van der Waals surface area contributed by atoms with E-state index in [1.165, 1.54) is 0 Å². The molecule has 1 aliphatic rings. The highest BCUT2D eigenvalue weighted by molar-refractivity contribution is 7.07.